The molecule has 0 unspecified atom stereocenters. The number of aromatic nitrogens is 1. The smallest absolute Gasteiger partial charge is 0.255 e. The summed E-state index contributed by atoms with van der Waals surface area (Å²) in [6, 6.07) is 0.655. The van der Waals surface area contributed by atoms with Crippen LogP contribution < -0.4 is 5.32 Å². The normalized spacial score (nSPS) is 23.2. The highest BCUT2D eigenvalue weighted by atomic mass is 32.2. The summed E-state index contributed by atoms with van der Waals surface area (Å²) < 4.78 is 5.12. The number of nitrogens with one attached hydrogen (secondary N) is 1. The molecule has 0 saturated carbocycles. The van der Waals surface area contributed by atoms with Gasteiger partial charge in [0.25, 0.3) is 5.22 Å². The molecule has 1 fully saturated rings. The minimum absolute atomic E-state index is 0.655. The lowest BCUT2D eigenvalue weighted by Crippen LogP contribution is -2.23. The van der Waals surface area contributed by atoms with Gasteiger partial charge >= 0.3 is 0 Å². The Bertz CT molecular complexity index is 219. The Morgan fingerprint density at radius 3 is 3.42 bits per heavy atom. The van der Waals surface area contributed by atoms with Gasteiger partial charge in [-0.05, 0) is 19.4 Å². The maximum atomic E-state index is 5.12. The Labute approximate surface area is 75.9 Å². The van der Waals surface area contributed by atoms with Gasteiger partial charge in [0, 0.05) is 11.8 Å². The van der Waals surface area contributed by atoms with Crippen LogP contribution in [0, 0.1) is 0 Å². The van der Waals surface area contributed by atoms with Gasteiger partial charge in [0.1, 0.15) is 6.26 Å². The van der Waals surface area contributed by atoms with Crippen LogP contribution in [0.4, 0.5) is 0 Å². The fourth-order valence-electron chi connectivity index (χ4n) is 1.35. The average Bonchev–Trinajstić information content (AvgIpc) is 2.74. The van der Waals surface area contributed by atoms with Crippen molar-refractivity contribution in [3.8, 4) is 0 Å². The van der Waals surface area contributed by atoms with E-state index in [1.165, 1.54) is 12.8 Å². The molecular formula is C8H12N2OS. The van der Waals surface area contributed by atoms with Crippen LogP contribution in [0.15, 0.2) is 22.1 Å². The molecule has 1 aliphatic rings. The second-order valence-corrected chi connectivity index (χ2v) is 3.87. The molecule has 1 atom stereocenters. The molecule has 0 aliphatic carbocycles. The largest absolute Gasteiger partial charge is 0.440 e. The monoisotopic (exact) mass is 184 g/mol. The molecular weight excluding hydrogens is 172 g/mol. The van der Waals surface area contributed by atoms with E-state index in [1.54, 1.807) is 24.2 Å². The van der Waals surface area contributed by atoms with Crippen LogP contribution in [0.5, 0.6) is 0 Å². The summed E-state index contributed by atoms with van der Waals surface area (Å²) in [4.78, 5) is 4.05. The maximum absolute atomic E-state index is 5.12. The van der Waals surface area contributed by atoms with Crippen LogP contribution in [-0.4, -0.2) is 23.3 Å². The molecule has 1 aliphatic heterocycles. The molecule has 66 valence electrons. The topological polar surface area (TPSA) is 38.1 Å². The lowest BCUT2D eigenvalue weighted by molar-refractivity contribution is 0.453. The van der Waals surface area contributed by atoms with Crippen molar-refractivity contribution in [2.24, 2.45) is 0 Å². The number of nitrogens with zero attached hydrogens (tertiary/aromatic N) is 1. The molecule has 3 nitrogen and oxygen atoms in total. The molecule has 2 heterocycles. The Balaban J connectivity index is 1.74. The molecule has 0 radical (unpaired) electrons. The lowest BCUT2D eigenvalue weighted by Gasteiger charge is -2.06. The second-order valence-electron chi connectivity index (χ2n) is 2.90. The van der Waals surface area contributed by atoms with Gasteiger partial charge in [-0.1, -0.05) is 11.8 Å². The predicted octanol–water partition coefficient (Wildman–Crippen LogP) is 1.52. The Kier molecular flexibility index (Phi) is 2.68. The summed E-state index contributed by atoms with van der Waals surface area (Å²) in [5, 5.41) is 4.21. The SMILES string of the molecule is c1coc(SC[C@@H]2CCCN2)n1. The van der Waals surface area contributed by atoms with Crippen LogP contribution in [0.25, 0.3) is 0 Å². The minimum atomic E-state index is 0.655. The van der Waals surface area contributed by atoms with E-state index >= 15 is 0 Å². The third kappa shape index (κ3) is 2.01. The Morgan fingerprint density at radius 2 is 2.75 bits per heavy atom. The Morgan fingerprint density at radius 1 is 1.75 bits per heavy atom. The number of hydrogen-bond donors (Lipinski definition) is 1. The molecule has 0 aromatic carbocycles. The van der Waals surface area contributed by atoms with Gasteiger partial charge in [0.2, 0.25) is 0 Å². The van der Waals surface area contributed by atoms with E-state index in [0.717, 1.165) is 17.5 Å². The van der Waals surface area contributed by atoms with Gasteiger partial charge < -0.3 is 9.73 Å². The van der Waals surface area contributed by atoms with Gasteiger partial charge in [-0.15, -0.1) is 0 Å². The van der Waals surface area contributed by atoms with Crippen molar-refractivity contribution < 1.29 is 4.42 Å². The van der Waals surface area contributed by atoms with E-state index in [-0.39, 0.29) is 0 Å². The molecule has 1 N–H and O–H groups in total. The molecule has 0 spiro atoms. The summed E-state index contributed by atoms with van der Waals surface area (Å²) in [5.74, 6) is 1.07. The number of rotatable bonds is 3. The summed E-state index contributed by atoms with van der Waals surface area (Å²) in [7, 11) is 0. The zero-order valence-electron chi connectivity index (χ0n) is 6.82. The van der Waals surface area contributed by atoms with Gasteiger partial charge in [-0.25, -0.2) is 4.98 Å². The van der Waals surface area contributed by atoms with Crippen molar-refractivity contribution in [3.05, 3.63) is 12.5 Å². The van der Waals surface area contributed by atoms with Crippen molar-refractivity contribution in [1.29, 1.82) is 0 Å². The van der Waals surface area contributed by atoms with Gasteiger partial charge in [-0.2, -0.15) is 0 Å². The predicted molar refractivity (Wildman–Crippen MR) is 48.3 cm³/mol. The molecule has 2 rings (SSSR count). The van der Waals surface area contributed by atoms with Crippen LogP contribution in [-0.2, 0) is 0 Å². The van der Waals surface area contributed by atoms with E-state index in [1.807, 2.05) is 0 Å². The fraction of sp³-hybridized carbons (Fsp3) is 0.625. The number of hydrogen-bond acceptors (Lipinski definition) is 4. The van der Waals surface area contributed by atoms with Crippen LogP contribution in [0.1, 0.15) is 12.8 Å². The maximum Gasteiger partial charge on any atom is 0.255 e. The van der Waals surface area contributed by atoms with Gasteiger partial charge in [0.05, 0.1) is 6.20 Å². The fourth-order valence-corrected chi connectivity index (χ4v) is 2.24. The standard InChI is InChI=1S/C8H12N2OS/c1-2-7(9-3-1)6-12-8-10-4-5-11-8/h4-5,7,9H,1-3,6H2/t7-/m0/s1. The summed E-state index contributed by atoms with van der Waals surface area (Å²) in [5.41, 5.74) is 0. The van der Waals surface area contributed by atoms with Gasteiger partial charge in [0.15, 0.2) is 0 Å². The van der Waals surface area contributed by atoms with Gasteiger partial charge in [-0.3, -0.25) is 0 Å². The first-order chi connectivity index (χ1) is 5.95. The molecule has 12 heavy (non-hydrogen) atoms. The van der Waals surface area contributed by atoms with E-state index in [4.69, 9.17) is 4.42 Å². The first-order valence-electron chi connectivity index (χ1n) is 4.21. The molecule has 1 saturated heterocycles. The van der Waals surface area contributed by atoms with Crippen LogP contribution >= 0.6 is 11.8 Å². The van der Waals surface area contributed by atoms with E-state index in [0.29, 0.717) is 6.04 Å². The average molecular weight is 184 g/mol. The molecule has 4 heteroatoms. The third-order valence-corrected chi connectivity index (χ3v) is 3.00. The van der Waals surface area contributed by atoms with Crippen molar-refractivity contribution >= 4 is 11.8 Å². The van der Waals surface area contributed by atoms with Crippen molar-refractivity contribution in [2.75, 3.05) is 12.3 Å². The first-order valence-corrected chi connectivity index (χ1v) is 5.19. The molecule has 1 aromatic rings. The highest BCUT2D eigenvalue weighted by Crippen LogP contribution is 2.18. The second kappa shape index (κ2) is 3.96. The molecule has 0 bridgehead atoms. The molecule has 0 amide bonds. The minimum Gasteiger partial charge on any atom is -0.440 e. The van der Waals surface area contributed by atoms with Crippen LogP contribution in [0.2, 0.25) is 0 Å². The van der Waals surface area contributed by atoms with Crippen molar-refractivity contribution in [2.45, 2.75) is 24.1 Å². The summed E-state index contributed by atoms with van der Waals surface area (Å²) in [6.07, 6.45) is 5.89. The van der Waals surface area contributed by atoms with Crippen LogP contribution in [0.3, 0.4) is 0 Å². The first kappa shape index (κ1) is 8.13. The zero-order valence-corrected chi connectivity index (χ0v) is 7.64. The molecule has 1 aromatic heterocycles. The zero-order chi connectivity index (χ0) is 8.23. The third-order valence-electron chi connectivity index (χ3n) is 1.98. The Hall–Kier alpha value is -0.480. The summed E-state index contributed by atoms with van der Waals surface area (Å²) in [6.45, 7) is 1.16. The van der Waals surface area contributed by atoms with E-state index in [2.05, 4.69) is 10.3 Å². The highest BCUT2D eigenvalue weighted by Gasteiger charge is 2.14. The summed E-state index contributed by atoms with van der Waals surface area (Å²) >= 11 is 1.68. The number of thioether (sulfide) groups is 1. The van der Waals surface area contributed by atoms with E-state index < -0.39 is 0 Å². The van der Waals surface area contributed by atoms with E-state index in [9.17, 15) is 0 Å². The quantitative estimate of drug-likeness (QED) is 0.723. The van der Waals surface area contributed by atoms with Crippen molar-refractivity contribution in [3.63, 3.8) is 0 Å². The van der Waals surface area contributed by atoms with Crippen molar-refractivity contribution in [1.82, 2.24) is 10.3 Å². The number of oxazole rings is 1. The lowest BCUT2D eigenvalue weighted by atomic mass is 10.3. The highest BCUT2D eigenvalue weighted by molar-refractivity contribution is 7.99.